The minimum Gasteiger partial charge on any atom is -0.380 e. The maximum absolute atomic E-state index is 11.3. The van der Waals surface area contributed by atoms with Crippen LogP contribution in [0.2, 0.25) is 0 Å². The lowest BCUT2D eigenvalue weighted by Gasteiger charge is -2.28. The number of benzene rings is 2. The molecule has 2 heterocycles. The van der Waals surface area contributed by atoms with E-state index in [1.165, 1.54) is 11.8 Å². The van der Waals surface area contributed by atoms with Gasteiger partial charge in [-0.05, 0) is 30.7 Å². The highest BCUT2D eigenvalue weighted by molar-refractivity contribution is 5.96. The molecule has 28 heavy (non-hydrogen) atoms. The van der Waals surface area contributed by atoms with E-state index in [2.05, 4.69) is 39.5 Å². The Bertz CT molecular complexity index is 998. The normalized spacial score (nSPS) is 14.2. The predicted octanol–water partition coefficient (Wildman–Crippen LogP) is 3.90. The first kappa shape index (κ1) is 18.2. The van der Waals surface area contributed by atoms with Gasteiger partial charge in [-0.15, -0.1) is 0 Å². The molecule has 4 rings (SSSR count). The van der Waals surface area contributed by atoms with E-state index in [4.69, 9.17) is 4.74 Å². The van der Waals surface area contributed by atoms with Crippen molar-refractivity contribution in [2.75, 3.05) is 36.5 Å². The number of hydrogen-bond acceptors (Lipinski definition) is 6. The van der Waals surface area contributed by atoms with E-state index >= 15 is 0 Å². The molecule has 1 fully saturated rings. The third-order valence-electron chi connectivity index (χ3n) is 4.94. The number of nitrogens with zero attached hydrogens (tertiary/aromatic N) is 3. The van der Waals surface area contributed by atoms with Gasteiger partial charge in [-0.3, -0.25) is 10.1 Å². The summed E-state index contributed by atoms with van der Waals surface area (Å²) in [4.78, 5) is 17.6. The molecule has 0 bridgehead atoms. The summed E-state index contributed by atoms with van der Waals surface area (Å²) in [5.74, 6) is 0. The Labute approximate surface area is 163 Å². The molecule has 0 spiro atoms. The van der Waals surface area contributed by atoms with E-state index in [1.54, 1.807) is 6.07 Å². The molecule has 2 aromatic carbocycles. The van der Waals surface area contributed by atoms with Gasteiger partial charge >= 0.3 is 0 Å². The Balaban J connectivity index is 1.54. The van der Waals surface area contributed by atoms with Gasteiger partial charge < -0.3 is 15.0 Å². The minimum atomic E-state index is -0.386. The first-order valence-electron chi connectivity index (χ1n) is 9.32. The van der Waals surface area contributed by atoms with Crippen LogP contribution in [0.5, 0.6) is 0 Å². The number of ether oxygens (including phenoxy) is 1. The fourth-order valence-corrected chi connectivity index (χ4v) is 3.50. The highest BCUT2D eigenvalue weighted by Crippen LogP contribution is 2.30. The summed E-state index contributed by atoms with van der Waals surface area (Å²) in [6.45, 7) is 5.84. The molecule has 1 N–H and O–H groups in total. The van der Waals surface area contributed by atoms with Crippen molar-refractivity contribution in [1.82, 2.24) is 4.98 Å². The van der Waals surface area contributed by atoms with Crippen LogP contribution in [0.3, 0.4) is 0 Å². The summed E-state index contributed by atoms with van der Waals surface area (Å²) in [6, 6.07) is 15.4. The Kier molecular flexibility index (Phi) is 5.08. The van der Waals surface area contributed by atoms with Crippen LogP contribution in [-0.4, -0.2) is 36.2 Å². The maximum Gasteiger partial charge on any atom is 0.295 e. The number of fused-ring (bicyclic) bond motifs is 1. The van der Waals surface area contributed by atoms with Crippen molar-refractivity contribution >= 4 is 28.0 Å². The Morgan fingerprint density at radius 3 is 2.64 bits per heavy atom. The van der Waals surface area contributed by atoms with Gasteiger partial charge in [0, 0.05) is 48.2 Å². The van der Waals surface area contributed by atoms with E-state index in [9.17, 15) is 10.1 Å². The largest absolute Gasteiger partial charge is 0.380 e. The quantitative estimate of drug-likeness (QED) is 0.536. The lowest BCUT2D eigenvalue weighted by molar-refractivity contribution is -0.383. The molecule has 1 aliphatic heterocycles. The monoisotopic (exact) mass is 378 g/mol. The summed E-state index contributed by atoms with van der Waals surface area (Å²) in [5, 5.41) is 15.5. The van der Waals surface area contributed by atoms with Crippen molar-refractivity contribution < 1.29 is 9.66 Å². The van der Waals surface area contributed by atoms with E-state index in [0.29, 0.717) is 12.1 Å². The first-order chi connectivity index (χ1) is 13.6. The van der Waals surface area contributed by atoms with Crippen LogP contribution in [0.4, 0.5) is 17.1 Å². The number of aryl methyl sites for hydroxylation is 1. The Hall–Kier alpha value is -3.19. The number of non-ortho nitro benzene ring substituents is 1. The molecule has 1 aromatic heterocycles. The number of hydrogen-bond donors (Lipinski definition) is 1. The third-order valence-corrected chi connectivity index (χ3v) is 4.94. The molecule has 3 aromatic rings. The zero-order chi connectivity index (χ0) is 19.5. The average Bonchev–Trinajstić information content (AvgIpc) is 2.72. The van der Waals surface area contributed by atoms with Crippen LogP contribution < -0.4 is 10.2 Å². The van der Waals surface area contributed by atoms with Crippen molar-refractivity contribution in [2.24, 2.45) is 0 Å². The second-order valence-corrected chi connectivity index (χ2v) is 6.86. The molecule has 144 valence electrons. The summed E-state index contributed by atoms with van der Waals surface area (Å²) >= 11 is 0. The molecular formula is C21H22N4O3. The average molecular weight is 378 g/mol. The number of nitro benzene ring substituents is 1. The van der Waals surface area contributed by atoms with Gasteiger partial charge in [0.05, 0.1) is 18.1 Å². The number of para-hydroxylation sites is 1. The molecule has 0 amide bonds. The van der Waals surface area contributed by atoms with Crippen molar-refractivity contribution in [3.63, 3.8) is 0 Å². The first-order valence-corrected chi connectivity index (χ1v) is 9.32. The van der Waals surface area contributed by atoms with E-state index < -0.39 is 0 Å². The number of morpholine rings is 1. The van der Waals surface area contributed by atoms with Crippen molar-refractivity contribution in [3.8, 4) is 0 Å². The van der Waals surface area contributed by atoms with E-state index in [-0.39, 0.29) is 10.6 Å². The van der Waals surface area contributed by atoms with Crippen LogP contribution in [-0.2, 0) is 11.3 Å². The van der Waals surface area contributed by atoms with Gasteiger partial charge in [0.15, 0.2) is 5.52 Å². The molecule has 7 heteroatoms. The highest BCUT2D eigenvalue weighted by Gasteiger charge is 2.15. The number of nitro groups is 1. The van der Waals surface area contributed by atoms with Crippen LogP contribution in [0.1, 0.15) is 11.3 Å². The smallest absolute Gasteiger partial charge is 0.295 e. The van der Waals surface area contributed by atoms with Crippen LogP contribution >= 0.6 is 0 Å². The molecular weight excluding hydrogens is 356 g/mol. The SMILES string of the molecule is Cc1cc(NCc2ccc(N3CCOCC3)cc2)c2cccc([N+](=O)[O-])c2n1. The molecule has 1 saturated heterocycles. The summed E-state index contributed by atoms with van der Waals surface area (Å²) in [7, 11) is 0. The number of pyridine rings is 1. The summed E-state index contributed by atoms with van der Waals surface area (Å²) in [6.07, 6.45) is 0. The second-order valence-electron chi connectivity index (χ2n) is 6.86. The van der Waals surface area contributed by atoms with Gasteiger partial charge in [-0.25, -0.2) is 4.98 Å². The molecule has 0 saturated carbocycles. The number of nitrogens with one attached hydrogen (secondary N) is 1. The lowest BCUT2D eigenvalue weighted by Crippen LogP contribution is -2.36. The second kappa shape index (κ2) is 7.82. The molecule has 0 aliphatic carbocycles. The van der Waals surface area contributed by atoms with E-state index in [0.717, 1.165) is 48.6 Å². The number of rotatable bonds is 5. The zero-order valence-electron chi connectivity index (χ0n) is 15.7. The summed E-state index contributed by atoms with van der Waals surface area (Å²) < 4.78 is 5.40. The maximum atomic E-state index is 11.3. The van der Waals surface area contributed by atoms with Crippen LogP contribution in [0, 0.1) is 17.0 Å². The van der Waals surface area contributed by atoms with Crippen molar-refractivity contribution in [3.05, 3.63) is 69.9 Å². The Morgan fingerprint density at radius 1 is 1.18 bits per heavy atom. The van der Waals surface area contributed by atoms with Crippen molar-refractivity contribution in [1.29, 1.82) is 0 Å². The Morgan fingerprint density at radius 2 is 1.93 bits per heavy atom. The molecule has 7 nitrogen and oxygen atoms in total. The van der Waals surface area contributed by atoms with Crippen LogP contribution in [0.15, 0.2) is 48.5 Å². The standard InChI is InChI=1S/C21H22N4O3/c1-15-13-19(18-3-2-4-20(25(26)27)21(18)23-15)22-14-16-5-7-17(8-6-16)24-9-11-28-12-10-24/h2-8,13H,9-12,14H2,1H3,(H,22,23). The molecule has 0 radical (unpaired) electrons. The van der Waals surface area contributed by atoms with Crippen molar-refractivity contribution in [2.45, 2.75) is 13.5 Å². The molecule has 0 unspecified atom stereocenters. The summed E-state index contributed by atoms with van der Waals surface area (Å²) in [5.41, 5.74) is 4.38. The number of anilines is 2. The minimum absolute atomic E-state index is 0.0270. The van der Waals surface area contributed by atoms with Gasteiger partial charge in [0.25, 0.3) is 5.69 Å². The molecule has 1 aliphatic rings. The fraction of sp³-hybridized carbons (Fsp3) is 0.286. The highest BCUT2D eigenvalue weighted by atomic mass is 16.6. The van der Waals surface area contributed by atoms with Gasteiger partial charge in [0.1, 0.15) is 0 Å². The zero-order valence-corrected chi connectivity index (χ0v) is 15.7. The van der Waals surface area contributed by atoms with Gasteiger partial charge in [-0.2, -0.15) is 0 Å². The van der Waals surface area contributed by atoms with Crippen LogP contribution in [0.25, 0.3) is 10.9 Å². The van der Waals surface area contributed by atoms with E-state index in [1.807, 2.05) is 19.1 Å². The topological polar surface area (TPSA) is 80.5 Å². The fourth-order valence-electron chi connectivity index (χ4n) is 3.50. The lowest BCUT2D eigenvalue weighted by atomic mass is 10.1. The van der Waals surface area contributed by atoms with Gasteiger partial charge in [-0.1, -0.05) is 24.3 Å². The van der Waals surface area contributed by atoms with Gasteiger partial charge in [0.2, 0.25) is 0 Å². The predicted molar refractivity (Wildman–Crippen MR) is 110 cm³/mol. The molecule has 0 atom stereocenters. The number of aromatic nitrogens is 1. The third kappa shape index (κ3) is 3.75.